The van der Waals surface area contributed by atoms with Crippen molar-refractivity contribution in [2.75, 3.05) is 0 Å². The van der Waals surface area contributed by atoms with Crippen molar-refractivity contribution >= 4 is 5.84 Å². The first-order chi connectivity index (χ1) is 7.70. The Hall–Kier alpha value is -2.24. The van der Waals surface area contributed by atoms with Gasteiger partial charge in [-0.15, -0.1) is 0 Å². The normalized spacial score (nSPS) is 11.9. The summed E-state index contributed by atoms with van der Waals surface area (Å²) in [4.78, 5) is 0. The summed E-state index contributed by atoms with van der Waals surface area (Å²) in [6.07, 6.45) is 5.59. The van der Waals surface area contributed by atoms with Gasteiger partial charge in [0, 0.05) is 25.0 Å². The van der Waals surface area contributed by atoms with Gasteiger partial charge in [-0.3, -0.25) is 4.68 Å². The fourth-order valence-electron chi connectivity index (χ4n) is 1.59. The zero-order chi connectivity index (χ0) is 11.5. The Kier molecular flexibility index (Phi) is 2.63. The molecule has 0 aromatic carbocycles. The highest BCUT2D eigenvalue weighted by atomic mass is 16.4. The SMILES string of the molecule is Cn1cc(Cn2cccc2/C(N)=N/O)cn1. The summed E-state index contributed by atoms with van der Waals surface area (Å²) >= 11 is 0. The van der Waals surface area contributed by atoms with Gasteiger partial charge >= 0.3 is 0 Å². The lowest BCUT2D eigenvalue weighted by atomic mass is 10.3. The van der Waals surface area contributed by atoms with Crippen LogP contribution in [0, 0.1) is 0 Å². The Morgan fingerprint density at radius 1 is 1.62 bits per heavy atom. The Morgan fingerprint density at radius 2 is 2.44 bits per heavy atom. The number of oxime groups is 1. The van der Waals surface area contributed by atoms with Gasteiger partial charge in [0.15, 0.2) is 5.84 Å². The molecule has 84 valence electrons. The van der Waals surface area contributed by atoms with E-state index in [9.17, 15) is 0 Å². The summed E-state index contributed by atoms with van der Waals surface area (Å²) in [5.41, 5.74) is 7.30. The van der Waals surface area contributed by atoms with Gasteiger partial charge in [0.2, 0.25) is 0 Å². The van der Waals surface area contributed by atoms with E-state index in [0.29, 0.717) is 12.2 Å². The average molecular weight is 219 g/mol. The number of amidine groups is 1. The molecule has 3 N–H and O–H groups in total. The maximum Gasteiger partial charge on any atom is 0.186 e. The third kappa shape index (κ3) is 1.90. The first-order valence-corrected chi connectivity index (χ1v) is 4.81. The van der Waals surface area contributed by atoms with Crippen LogP contribution in [0.5, 0.6) is 0 Å². The third-order valence-corrected chi connectivity index (χ3v) is 2.31. The van der Waals surface area contributed by atoms with Crippen LogP contribution >= 0.6 is 0 Å². The summed E-state index contributed by atoms with van der Waals surface area (Å²) in [7, 11) is 1.86. The van der Waals surface area contributed by atoms with E-state index in [1.807, 2.05) is 30.1 Å². The van der Waals surface area contributed by atoms with E-state index < -0.39 is 0 Å². The fraction of sp³-hybridized carbons (Fsp3) is 0.200. The van der Waals surface area contributed by atoms with Gasteiger partial charge in [-0.25, -0.2) is 0 Å². The predicted octanol–water partition coefficient (Wildman–Crippen LogP) is 0.364. The maximum absolute atomic E-state index is 8.63. The quantitative estimate of drug-likeness (QED) is 0.338. The molecule has 6 heteroatoms. The van der Waals surface area contributed by atoms with Gasteiger partial charge in [-0.1, -0.05) is 5.16 Å². The Morgan fingerprint density at radius 3 is 3.06 bits per heavy atom. The van der Waals surface area contributed by atoms with E-state index in [4.69, 9.17) is 10.9 Å². The van der Waals surface area contributed by atoms with E-state index in [1.54, 1.807) is 16.9 Å². The molecule has 0 saturated carbocycles. The Bertz CT molecular complexity index is 511. The monoisotopic (exact) mass is 219 g/mol. The molecule has 0 atom stereocenters. The summed E-state index contributed by atoms with van der Waals surface area (Å²) in [5.74, 6) is 0.105. The fourth-order valence-corrected chi connectivity index (χ4v) is 1.59. The summed E-state index contributed by atoms with van der Waals surface area (Å²) < 4.78 is 3.63. The standard InChI is InChI=1S/C10H13N5O/c1-14-6-8(5-12-14)7-15-4-2-3-9(15)10(11)13-16/h2-6,16H,7H2,1H3,(H2,11,13). The number of nitrogens with zero attached hydrogens (tertiary/aromatic N) is 4. The Labute approximate surface area is 92.6 Å². The highest BCUT2D eigenvalue weighted by Gasteiger charge is 2.06. The molecule has 0 unspecified atom stereocenters. The minimum atomic E-state index is 0.105. The molecule has 0 aliphatic carbocycles. The molecule has 2 aromatic rings. The molecule has 0 saturated heterocycles. The minimum Gasteiger partial charge on any atom is -0.409 e. The Balaban J connectivity index is 2.25. The van der Waals surface area contributed by atoms with Crippen LogP contribution in [0.2, 0.25) is 0 Å². The van der Waals surface area contributed by atoms with E-state index in [0.717, 1.165) is 5.56 Å². The van der Waals surface area contributed by atoms with Crippen LogP contribution in [-0.2, 0) is 13.6 Å². The number of aromatic nitrogens is 3. The van der Waals surface area contributed by atoms with Crippen LogP contribution in [0.25, 0.3) is 0 Å². The summed E-state index contributed by atoms with van der Waals surface area (Å²) in [5, 5.41) is 15.7. The molecule has 2 heterocycles. The van der Waals surface area contributed by atoms with Crippen molar-refractivity contribution in [3.05, 3.63) is 42.0 Å². The van der Waals surface area contributed by atoms with Crippen LogP contribution in [0.15, 0.2) is 35.9 Å². The van der Waals surface area contributed by atoms with Crippen molar-refractivity contribution < 1.29 is 5.21 Å². The van der Waals surface area contributed by atoms with E-state index in [1.165, 1.54) is 0 Å². The topological polar surface area (TPSA) is 81.4 Å². The van der Waals surface area contributed by atoms with Crippen LogP contribution in [0.1, 0.15) is 11.3 Å². The van der Waals surface area contributed by atoms with Crippen molar-refractivity contribution in [1.82, 2.24) is 14.3 Å². The first-order valence-electron chi connectivity index (χ1n) is 4.81. The minimum absolute atomic E-state index is 0.105. The molecule has 0 bridgehead atoms. The molecule has 0 radical (unpaired) electrons. The summed E-state index contributed by atoms with van der Waals surface area (Å²) in [6.45, 7) is 0.645. The zero-order valence-electron chi connectivity index (χ0n) is 8.91. The van der Waals surface area contributed by atoms with Crippen LogP contribution in [0.4, 0.5) is 0 Å². The lowest BCUT2D eigenvalue weighted by Crippen LogP contribution is -2.18. The second kappa shape index (κ2) is 4.09. The smallest absolute Gasteiger partial charge is 0.186 e. The highest BCUT2D eigenvalue weighted by molar-refractivity contribution is 5.95. The van der Waals surface area contributed by atoms with Gasteiger partial charge in [0.1, 0.15) is 0 Å². The van der Waals surface area contributed by atoms with Crippen LogP contribution in [-0.4, -0.2) is 25.4 Å². The number of hydrogen-bond donors (Lipinski definition) is 2. The first kappa shape index (κ1) is 10.3. The molecule has 0 spiro atoms. The van der Waals surface area contributed by atoms with Crippen molar-refractivity contribution in [3.63, 3.8) is 0 Å². The zero-order valence-corrected chi connectivity index (χ0v) is 8.91. The molecule has 6 nitrogen and oxygen atoms in total. The third-order valence-electron chi connectivity index (χ3n) is 2.31. The van der Waals surface area contributed by atoms with Gasteiger partial charge in [-0.2, -0.15) is 5.10 Å². The second-order valence-electron chi connectivity index (χ2n) is 3.53. The van der Waals surface area contributed by atoms with Crippen molar-refractivity contribution in [3.8, 4) is 0 Å². The van der Waals surface area contributed by atoms with Gasteiger partial charge in [-0.05, 0) is 12.1 Å². The molecule has 2 aromatic heterocycles. The molecule has 0 aliphatic heterocycles. The van der Waals surface area contributed by atoms with Crippen LogP contribution in [0.3, 0.4) is 0 Å². The second-order valence-corrected chi connectivity index (χ2v) is 3.53. The number of hydrogen-bond acceptors (Lipinski definition) is 3. The lowest BCUT2D eigenvalue weighted by molar-refractivity contribution is 0.318. The van der Waals surface area contributed by atoms with Crippen molar-refractivity contribution in [2.24, 2.45) is 17.9 Å². The molecular weight excluding hydrogens is 206 g/mol. The molecule has 0 fully saturated rings. The van der Waals surface area contributed by atoms with Crippen molar-refractivity contribution in [1.29, 1.82) is 0 Å². The number of nitrogens with two attached hydrogens (primary N) is 1. The van der Waals surface area contributed by atoms with Crippen LogP contribution < -0.4 is 5.73 Å². The van der Waals surface area contributed by atoms with Gasteiger partial charge in [0.05, 0.1) is 18.4 Å². The molecule has 16 heavy (non-hydrogen) atoms. The van der Waals surface area contributed by atoms with E-state index >= 15 is 0 Å². The molecule has 0 aliphatic rings. The predicted molar refractivity (Wildman–Crippen MR) is 59.3 cm³/mol. The number of aryl methyl sites for hydroxylation is 1. The molecular formula is C10H13N5O. The van der Waals surface area contributed by atoms with E-state index in [2.05, 4.69) is 10.3 Å². The van der Waals surface area contributed by atoms with Gasteiger partial charge < -0.3 is 15.5 Å². The lowest BCUT2D eigenvalue weighted by Gasteiger charge is -2.05. The molecule has 2 rings (SSSR count). The highest BCUT2D eigenvalue weighted by Crippen LogP contribution is 2.06. The molecule has 0 amide bonds. The number of rotatable bonds is 3. The largest absolute Gasteiger partial charge is 0.409 e. The maximum atomic E-state index is 8.63. The summed E-state index contributed by atoms with van der Waals surface area (Å²) in [6, 6.07) is 3.65. The van der Waals surface area contributed by atoms with Crippen molar-refractivity contribution in [2.45, 2.75) is 6.54 Å². The average Bonchev–Trinajstić information content (AvgIpc) is 2.87. The van der Waals surface area contributed by atoms with Gasteiger partial charge in [0.25, 0.3) is 0 Å². The van der Waals surface area contributed by atoms with E-state index in [-0.39, 0.29) is 5.84 Å².